The summed E-state index contributed by atoms with van der Waals surface area (Å²) in [6.07, 6.45) is 6.25. The molecule has 2 aromatic heterocycles. The second-order valence-electron chi connectivity index (χ2n) is 5.71. The summed E-state index contributed by atoms with van der Waals surface area (Å²) in [5.74, 6) is 0.603. The van der Waals surface area contributed by atoms with E-state index >= 15 is 0 Å². The number of rotatable bonds is 6. The zero-order valence-electron chi connectivity index (χ0n) is 14.2. The van der Waals surface area contributed by atoms with Crippen LogP contribution in [0.15, 0.2) is 48.0 Å². The van der Waals surface area contributed by atoms with Crippen molar-refractivity contribution in [3.63, 3.8) is 0 Å². The summed E-state index contributed by atoms with van der Waals surface area (Å²) in [6.45, 7) is 7.45. The van der Waals surface area contributed by atoms with E-state index in [2.05, 4.69) is 65.5 Å². The Bertz CT molecular complexity index is 833. The molecule has 124 valence electrons. The van der Waals surface area contributed by atoms with Crippen LogP contribution in [-0.4, -0.2) is 29.5 Å². The van der Waals surface area contributed by atoms with Gasteiger partial charge in [-0.2, -0.15) is 0 Å². The van der Waals surface area contributed by atoms with Crippen molar-refractivity contribution < 1.29 is 0 Å². The Hall–Kier alpha value is -2.17. The SMILES string of the molecule is CCN(CC)C/C=C/c1cnc(N)c2c(-c3ccccc3)csc12. The number of thiophene rings is 1. The molecule has 1 aromatic carbocycles. The van der Waals surface area contributed by atoms with Gasteiger partial charge in [0.1, 0.15) is 5.82 Å². The first-order valence-electron chi connectivity index (χ1n) is 8.34. The minimum atomic E-state index is 0.603. The lowest BCUT2D eigenvalue weighted by Gasteiger charge is -2.14. The normalized spacial score (nSPS) is 11.8. The molecule has 24 heavy (non-hydrogen) atoms. The summed E-state index contributed by atoms with van der Waals surface area (Å²) in [6, 6.07) is 10.4. The lowest BCUT2D eigenvalue weighted by Crippen LogP contribution is -2.22. The minimum Gasteiger partial charge on any atom is -0.383 e. The van der Waals surface area contributed by atoms with Crippen molar-refractivity contribution in [2.24, 2.45) is 0 Å². The first-order valence-corrected chi connectivity index (χ1v) is 9.22. The van der Waals surface area contributed by atoms with Crippen molar-refractivity contribution in [2.45, 2.75) is 13.8 Å². The number of nitrogen functional groups attached to an aromatic ring is 1. The van der Waals surface area contributed by atoms with Crippen molar-refractivity contribution in [3.05, 3.63) is 53.5 Å². The molecule has 3 aromatic rings. The summed E-state index contributed by atoms with van der Waals surface area (Å²) >= 11 is 1.74. The Balaban J connectivity index is 1.98. The number of benzene rings is 1. The largest absolute Gasteiger partial charge is 0.383 e. The fourth-order valence-electron chi connectivity index (χ4n) is 2.85. The Morgan fingerprint density at radius 1 is 1.17 bits per heavy atom. The van der Waals surface area contributed by atoms with Crippen molar-refractivity contribution >= 4 is 33.3 Å². The van der Waals surface area contributed by atoms with Crippen LogP contribution < -0.4 is 5.73 Å². The second kappa shape index (κ2) is 7.60. The molecule has 0 aliphatic carbocycles. The number of hydrogen-bond donors (Lipinski definition) is 1. The molecule has 0 fully saturated rings. The lowest BCUT2D eigenvalue weighted by atomic mass is 10.0. The number of nitrogens with two attached hydrogens (primary N) is 1. The van der Waals surface area contributed by atoms with E-state index in [1.165, 1.54) is 15.8 Å². The molecule has 3 nitrogen and oxygen atoms in total. The van der Waals surface area contributed by atoms with Gasteiger partial charge in [-0.15, -0.1) is 11.3 Å². The van der Waals surface area contributed by atoms with Gasteiger partial charge in [-0.1, -0.05) is 56.3 Å². The minimum absolute atomic E-state index is 0.603. The summed E-state index contributed by atoms with van der Waals surface area (Å²) in [5.41, 5.74) is 9.68. The molecule has 0 radical (unpaired) electrons. The van der Waals surface area contributed by atoms with E-state index < -0.39 is 0 Å². The summed E-state index contributed by atoms with van der Waals surface area (Å²) in [4.78, 5) is 6.80. The van der Waals surface area contributed by atoms with Crippen molar-refractivity contribution in [3.8, 4) is 11.1 Å². The third kappa shape index (κ3) is 3.35. The number of hydrogen-bond acceptors (Lipinski definition) is 4. The number of anilines is 1. The van der Waals surface area contributed by atoms with Crippen molar-refractivity contribution in [1.29, 1.82) is 0 Å². The average Bonchev–Trinajstić information content (AvgIpc) is 3.07. The van der Waals surface area contributed by atoms with E-state index in [9.17, 15) is 0 Å². The second-order valence-corrected chi connectivity index (χ2v) is 6.59. The van der Waals surface area contributed by atoms with Gasteiger partial charge in [0.15, 0.2) is 0 Å². The van der Waals surface area contributed by atoms with E-state index in [0.717, 1.165) is 30.6 Å². The highest BCUT2D eigenvalue weighted by atomic mass is 32.1. The van der Waals surface area contributed by atoms with E-state index in [-0.39, 0.29) is 0 Å². The molecule has 0 atom stereocenters. The van der Waals surface area contributed by atoms with Gasteiger partial charge in [0.2, 0.25) is 0 Å². The zero-order valence-corrected chi connectivity index (χ0v) is 15.0. The Morgan fingerprint density at radius 3 is 2.62 bits per heavy atom. The number of pyridine rings is 1. The molecule has 0 aliphatic heterocycles. The average molecular weight is 337 g/mol. The molecular weight excluding hydrogens is 314 g/mol. The highest BCUT2D eigenvalue weighted by Crippen LogP contribution is 2.38. The molecular formula is C20H23N3S. The van der Waals surface area contributed by atoms with Crippen LogP contribution in [0.2, 0.25) is 0 Å². The van der Waals surface area contributed by atoms with Gasteiger partial charge in [0.05, 0.1) is 0 Å². The number of nitrogens with zero attached hydrogens (tertiary/aromatic N) is 2. The standard InChI is InChI=1S/C20H23N3S/c1-3-23(4-2)12-8-11-16-13-22-20(21)18-17(14-24-19(16)18)15-9-6-5-7-10-15/h5-11,13-14H,3-4,12H2,1-2H3,(H2,21,22)/b11-8+. The van der Waals surface area contributed by atoms with Crippen molar-refractivity contribution in [2.75, 3.05) is 25.4 Å². The fraction of sp³-hybridized carbons (Fsp3) is 0.250. The zero-order chi connectivity index (χ0) is 16.9. The molecule has 0 amide bonds. The van der Waals surface area contributed by atoms with Crippen LogP contribution in [0, 0.1) is 0 Å². The van der Waals surface area contributed by atoms with Gasteiger partial charge in [0.25, 0.3) is 0 Å². The smallest absolute Gasteiger partial charge is 0.132 e. The molecule has 3 rings (SSSR count). The van der Waals surface area contributed by atoms with Gasteiger partial charge in [-0.3, -0.25) is 0 Å². The predicted molar refractivity (Wildman–Crippen MR) is 106 cm³/mol. The topological polar surface area (TPSA) is 42.2 Å². The molecule has 2 N–H and O–H groups in total. The molecule has 0 saturated heterocycles. The van der Waals surface area contributed by atoms with Crippen molar-refractivity contribution in [1.82, 2.24) is 9.88 Å². The highest BCUT2D eigenvalue weighted by molar-refractivity contribution is 7.18. The van der Waals surface area contributed by atoms with Gasteiger partial charge < -0.3 is 10.6 Å². The van der Waals surface area contributed by atoms with E-state index in [4.69, 9.17) is 5.73 Å². The Kier molecular flexibility index (Phi) is 5.28. The third-order valence-electron chi connectivity index (χ3n) is 4.29. The van der Waals surface area contributed by atoms with Gasteiger partial charge in [-0.05, 0) is 24.0 Å². The number of aromatic nitrogens is 1. The third-order valence-corrected chi connectivity index (χ3v) is 5.32. The maximum Gasteiger partial charge on any atom is 0.132 e. The quantitative estimate of drug-likeness (QED) is 0.695. The van der Waals surface area contributed by atoms with Crippen LogP contribution >= 0.6 is 11.3 Å². The molecule has 2 heterocycles. The fourth-order valence-corrected chi connectivity index (χ4v) is 3.93. The van der Waals surface area contributed by atoms with Crippen LogP contribution in [0.3, 0.4) is 0 Å². The van der Waals surface area contributed by atoms with Crippen LogP contribution in [0.4, 0.5) is 5.82 Å². The predicted octanol–water partition coefficient (Wildman–Crippen LogP) is 4.90. The van der Waals surface area contributed by atoms with Crippen LogP contribution in [0.1, 0.15) is 19.4 Å². The molecule has 0 aliphatic rings. The van der Waals surface area contributed by atoms with Gasteiger partial charge in [0, 0.05) is 34.0 Å². The highest BCUT2D eigenvalue weighted by Gasteiger charge is 2.12. The van der Waals surface area contributed by atoms with Crippen LogP contribution in [0.25, 0.3) is 27.3 Å². The van der Waals surface area contributed by atoms with Crippen LogP contribution in [-0.2, 0) is 0 Å². The molecule has 4 heteroatoms. The van der Waals surface area contributed by atoms with E-state index in [1.807, 2.05) is 12.3 Å². The summed E-state index contributed by atoms with van der Waals surface area (Å²) in [7, 11) is 0. The lowest BCUT2D eigenvalue weighted by molar-refractivity contribution is 0.338. The van der Waals surface area contributed by atoms with E-state index in [0.29, 0.717) is 5.82 Å². The molecule has 0 bridgehead atoms. The first-order chi connectivity index (χ1) is 11.7. The monoisotopic (exact) mass is 337 g/mol. The van der Waals surface area contributed by atoms with Crippen LogP contribution in [0.5, 0.6) is 0 Å². The van der Waals surface area contributed by atoms with E-state index in [1.54, 1.807) is 11.3 Å². The summed E-state index contributed by atoms with van der Waals surface area (Å²) in [5, 5.41) is 3.25. The molecule has 0 unspecified atom stereocenters. The van der Waals surface area contributed by atoms with Gasteiger partial charge in [-0.25, -0.2) is 4.98 Å². The molecule has 0 spiro atoms. The molecule has 0 saturated carbocycles. The number of likely N-dealkylation sites (N-methyl/N-ethyl adjacent to an activating group) is 1. The Morgan fingerprint density at radius 2 is 1.92 bits per heavy atom. The number of fused-ring (bicyclic) bond motifs is 1. The summed E-state index contributed by atoms with van der Waals surface area (Å²) < 4.78 is 1.21. The maximum absolute atomic E-state index is 6.19. The first kappa shape index (κ1) is 16.7. The maximum atomic E-state index is 6.19. The van der Waals surface area contributed by atoms with Gasteiger partial charge >= 0.3 is 0 Å². The Labute approximate surface area is 147 Å².